The molecule has 0 spiro atoms. The minimum Gasteiger partial charge on any atom is -0.310 e. The maximum atomic E-state index is 12.6. The number of aromatic nitrogens is 2. The molecule has 1 atom stereocenters. The first-order valence-electron chi connectivity index (χ1n) is 6.37. The number of benzene rings is 1. The van der Waals surface area contributed by atoms with Gasteiger partial charge < -0.3 is 5.32 Å². The third kappa shape index (κ3) is 3.19. The van der Waals surface area contributed by atoms with Crippen LogP contribution in [-0.4, -0.2) is 16.3 Å². The normalized spacial score (nSPS) is 13.4. The van der Waals surface area contributed by atoms with Gasteiger partial charge in [-0.25, -0.2) is 4.68 Å². The molecule has 0 aliphatic heterocycles. The fraction of sp³-hybridized carbons (Fsp3) is 0.357. The number of halogens is 3. The van der Waals surface area contributed by atoms with Crippen LogP contribution in [0.25, 0.3) is 5.69 Å². The zero-order valence-corrected chi connectivity index (χ0v) is 11.3. The lowest BCUT2D eigenvalue weighted by Gasteiger charge is -2.13. The van der Waals surface area contributed by atoms with E-state index in [9.17, 15) is 13.2 Å². The van der Waals surface area contributed by atoms with Gasteiger partial charge in [-0.05, 0) is 31.2 Å². The van der Waals surface area contributed by atoms with Crippen LogP contribution in [0.15, 0.2) is 36.7 Å². The number of alkyl halides is 3. The van der Waals surface area contributed by atoms with Gasteiger partial charge in [0.05, 0.1) is 17.4 Å². The molecular weight excluding hydrogens is 267 g/mol. The third-order valence-corrected chi connectivity index (χ3v) is 3.05. The van der Waals surface area contributed by atoms with Gasteiger partial charge in [-0.3, -0.25) is 0 Å². The maximum absolute atomic E-state index is 12.6. The molecule has 0 radical (unpaired) electrons. The molecule has 0 aliphatic rings. The number of hydrogen-bond donors (Lipinski definition) is 1. The maximum Gasteiger partial charge on any atom is 0.419 e. The molecule has 0 fully saturated rings. The van der Waals surface area contributed by atoms with E-state index in [2.05, 4.69) is 10.4 Å². The summed E-state index contributed by atoms with van der Waals surface area (Å²) >= 11 is 0. The minimum absolute atomic E-state index is 0.137. The summed E-state index contributed by atoms with van der Waals surface area (Å²) in [6.45, 7) is 4.84. The van der Waals surface area contributed by atoms with Crippen molar-refractivity contribution < 1.29 is 13.2 Å². The summed E-state index contributed by atoms with van der Waals surface area (Å²) in [7, 11) is 0. The van der Waals surface area contributed by atoms with E-state index >= 15 is 0 Å². The lowest BCUT2D eigenvalue weighted by atomic mass is 10.1. The van der Waals surface area contributed by atoms with Crippen LogP contribution in [0.1, 0.15) is 31.0 Å². The van der Waals surface area contributed by atoms with Crippen LogP contribution in [0.5, 0.6) is 0 Å². The second-order valence-electron chi connectivity index (χ2n) is 4.55. The average Bonchev–Trinajstić information content (AvgIpc) is 2.89. The van der Waals surface area contributed by atoms with Crippen LogP contribution in [0.2, 0.25) is 0 Å². The number of nitrogens with zero attached hydrogens (tertiary/aromatic N) is 2. The standard InChI is InChI=1S/C14H16F3N3/c1-3-18-10(2)11-5-4-6-13(7-11)20-9-12(8-19-20)14(15,16)17/h4-10,18H,3H2,1-2H3. The second kappa shape index (κ2) is 5.66. The van der Waals surface area contributed by atoms with Crippen LogP contribution in [-0.2, 0) is 6.18 Å². The molecule has 1 heterocycles. The van der Waals surface area contributed by atoms with Gasteiger partial charge in [0, 0.05) is 12.2 Å². The van der Waals surface area contributed by atoms with Gasteiger partial charge in [-0.1, -0.05) is 19.1 Å². The Morgan fingerprint density at radius 3 is 2.70 bits per heavy atom. The van der Waals surface area contributed by atoms with Crippen LogP contribution < -0.4 is 5.32 Å². The molecular formula is C14H16F3N3. The predicted octanol–water partition coefficient (Wildman–Crippen LogP) is 3.56. The predicted molar refractivity (Wildman–Crippen MR) is 70.7 cm³/mol. The fourth-order valence-corrected chi connectivity index (χ4v) is 1.97. The van der Waals surface area contributed by atoms with E-state index in [1.807, 2.05) is 32.0 Å². The molecule has 108 valence electrons. The van der Waals surface area contributed by atoms with Gasteiger partial charge in [0.25, 0.3) is 0 Å². The van der Waals surface area contributed by atoms with Crippen molar-refractivity contribution in [3.63, 3.8) is 0 Å². The molecule has 2 aromatic rings. The van der Waals surface area contributed by atoms with Gasteiger partial charge in [0.2, 0.25) is 0 Å². The summed E-state index contributed by atoms with van der Waals surface area (Å²) in [5.41, 5.74) is 0.874. The van der Waals surface area contributed by atoms with Crippen molar-refractivity contribution in [3.05, 3.63) is 47.8 Å². The van der Waals surface area contributed by atoms with E-state index in [4.69, 9.17) is 0 Å². The van der Waals surface area contributed by atoms with E-state index < -0.39 is 11.7 Å². The summed E-state index contributed by atoms with van der Waals surface area (Å²) in [4.78, 5) is 0. The molecule has 3 nitrogen and oxygen atoms in total. The van der Waals surface area contributed by atoms with Gasteiger partial charge >= 0.3 is 6.18 Å². The molecule has 0 bridgehead atoms. The van der Waals surface area contributed by atoms with E-state index in [-0.39, 0.29) is 6.04 Å². The summed E-state index contributed by atoms with van der Waals surface area (Å²) in [6.07, 6.45) is -2.54. The molecule has 0 saturated heterocycles. The SMILES string of the molecule is CCNC(C)c1cccc(-n2cc(C(F)(F)F)cn2)c1. The van der Waals surface area contributed by atoms with Gasteiger partial charge in [-0.2, -0.15) is 18.3 Å². The Hall–Kier alpha value is -1.82. The fourth-order valence-electron chi connectivity index (χ4n) is 1.97. The van der Waals surface area contributed by atoms with Crippen LogP contribution in [0.4, 0.5) is 13.2 Å². The summed E-state index contributed by atoms with van der Waals surface area (Å²) in [6, 6.07) is 7.45. The smallest absolute Gasteiger partial charge is 0.310 e. The zero-order valence-electron chi connectivity index (χ0n) is 11.3. The summed E-state index contributed by atoms with van der Waals surface area (Å²) in [5, 5.41) is 7.04. The quantitative estimate of drug-likeness (QED) is 0.929. The Labute approximate surface area is 115 Å². The van der Waals surface area contributed by atoms with Crippen molar-refractivity contribution in [2.45, 2.75) is 26.1 Å². The molecule has 0 amide bonds. The van der Waals surface area contributed by atoms with Crippen molar-refractivity contribution in [3.8, 4) is 5.69 Å². The monoisotopic (exact) mass is 283 g/mol. The van der Waals surface area contributed by atoms with E-state index in [1.165, 1.54) is 4.68 Å². The lowest BCUT2D eigenvalue weighted by molar-refractivity contribution is -0.137. The van der Waals surface area contributed by atoms with Crippen molar-refractivity contribution in [1.82, 2.24) is 15.1 Å². The first-order chi connectivity index (χ1) is 9.41. The lowest BCUT2D eigenvalue weighted by Crippen LogP contribution is -2.17. The highest BCUT2D eigenvalue weighted by Crippen LogP contribution is 2.29. The Balaban J connectivity index is 2.29. The zero-order chi connectivity index (χ0) is 14.8. The van der Waals surface area contributed by atoms with Crippen molar-refractivity contribution in [2.75, 3.05) is 6.54 Å². The molecule has 0 saturated carbocycles. The van der Waals surface area contributed by atoms with Crippen molar-refractivity contribution in [2.24, 2.45) is 0 Å². The molecule has 2 rings (SSSR count). The Bertz CT molecular complexity index is 575. The van der Waals surface area contributed by atoms with Crippen molar-refractivity contribution in [1.29, 1.82) is 0 Å². The van der Waals surface area contributed by atoms with Gasteiger partial charge in [-0.15, -0.1) is 0 Å². The molecule has 6 heteroatoms. The van der Waals surface area contributed by atoms with Crippen LogP contribution >= 0.6 is 0 Å². The number of nitrogens with one attached hydrogen (secondary N) is 1. The Morgan fingerprint density at radius 1 is 1.35 bits per heavy atom. The summed E-state index contributed by atoms with van der Waals surface area (Å²) < 4.78 is 38.9. The number of hydrogen-bond acceptors (Lipinski definition) is 2. The molecule has 1 aromatic heterocycles. The highest BCUT2D eigenvalue weighted by atomic mass is 19.4. The van der Waals surface area contributed by atoms with Gasteiger partial charge in [0.1, 0.15) is 0 Å². The third-order valence-electron chi connectivity index (χ3n) is 3.05. The molecule has 20 heavy (non-hydrogen) atoms. The summed E-state index contributed by atoms with van der Waals surface area (Å²) in [5.74, 6) is 0. The van der Waals surface area contributed by atoms with Crippen LogP contribution in [0.3, 0.4) is 0 Å². The van der Waals surface area contributed by atoms with E-state index in [0.717, 1.165) is 24.5 Å². The first-order valence-corrected chi connectivity index (χ1v) is 6.37. The first kappa shape index (κ1) is 14.6. The molecule has 1 unspecified atom stereocenters. The minimum atomic E-state index is -4.37. The number of rotatable bonds is 4. The Kier molecular flexibility index (Phi) is 4.13. The highest BCUT2D eigenvalue weighted by Gasteiger charge is 2.32. The average molecular weight is 283 g/mol. The van der Waals surface area contributed by atoms with Gasteiger partial charge in [0.15, 0.2) is 0 Å². The highest BCUT2D eigenvalue weighted by molar-refractivity contribution is 5.37. The second-order valence-corrected chi connectivity index (χ2v) is 4.55. The van der Waals surface area contributed by atoms with Crippen molar-refractivity contribution >= 4 is 0 Å². The largest absolute Gasteiger partial charge is 0.419 e. The topological polar surface area (TPSA) is 29.9 Å². The van der Waals surface area contributed by atoms with Crippen LogP contribution in [0, 0.1) is 0 Å². The molecule has 1 N–H and O–H groups in total. The molecule has 1 aromatic carbocycles. The van der Waals surface area contributed by atoms with E-state index in [0.29, 0.717) is 5.69 Å². The Morgan fingerprint density at radius 2 is 2.10 bits per heavy atom. The van der Waals surface area contributed by atoms with E-state index in [1.54, 1.807) is 6.07 Å². The molecule has 0 aliphatic carbocycles.